The molecule has 0 heterocycles. The quantitative estimate of drug-likeness (QED) is 0.197. The predicted octanol–water partition coefficient (Wildman–Crippen LogP) is 6.30. The van der Waals surface area contributed by atoms with E-state index < -0.39 is 21.8 Å². The first kappa shape index (κ1) is 26.8. The third-order valence-electron chi connectivity index (χ3n) is 6.55. The number of carboxylic acid groups (broad SMARTS) is 1. The van der Waals surface area contributed by atoms with E-state index in [0.29, 0.717) is 0 Å². The van der Waals surface area contributed by atoms with Gasteiger partial charge in [0.15, 0.2) is 0 Å². The van der Waals surface area contributed by atoms with Gasteiger partial charge >= 0.3 is 5.97 Å². The summed E-state index contributed by atoms with van der Waals surface area (Å²) in [6.07, 6.45) is 1.75. The topological polar surface area (TPSA) is 40.5 Å². The zero-order valence-electron chi connectivity index (χ0n) is 21.7. The van der Waals surface area contributed by atoms with Gasteiger partial charge in [0.2, 0.25) is 0 Å². The molecular weight excluding hydrogens is 516 g/mol. The highest BCUT2D eigenvalue weighted by Gasteiger charge is 2.23. The summed E-state index contributed by atoms with van der Waals surface area (Å²) in [5, 5.41) is 14.7. The van der Waals surface area contributed by atoms with E-state index in [2.05, 4.69) is 138 Å². The average molecular weight is 548 g/mol. The summed E-state index contributed by atoms with van der Waals surface area (Å²) in [4.78, 5) is 13.8. The van der Waals surface area contributed by atoms with Crippen LogP contribution >= 0.6 is 15.8 Å². The van der Waals surface area contributed by atoms with E-state index in [4.69, 9.17) is 0 Å². The van der Waals surface area contributed by atoms with Crippen molar-refractivity contribution in [1.29, 1.82) is 0 Å². The van der Waals surface area contributed by atoms with Crippen molar-refractivity contribution in [3.63, 3.8) is 0 Å². The van der Waals surface area contributed by atoms with Crippen molar-refractivity contribution in [3.05, 3.63) is 151 Å². The van der Waals surface area contributed by atoms with Crippen LogP contribution in [0.4, 0.5) is 5.69 Å². The van der Waals surface area contributed by atoms with Gasteiger partial charge < -0.3 is 10.0 Å². The fourth-order valence-electron chi connectivity index (χ4n) is 4.61. The highest BCUT2D eigenvalue weighted by Crippen LogP contribution is 2.41. The Labute approximate surface area is 233 Å². The van der Waals surface area contributed by atoms with Gasteiger partial charge in [0.05, 0.1) is 6.42 Å². The Morgan fingerprint density at radius 2 is 0.846 bits per heavy atom. The van der Waals surface area contributed by atoms with Crippen LogP contribution in [0, 0.1) is 0 Å². The number of benzene rings is 5. The molecule has 0 saturated carbocycles. The monoisotopic (exact) mass is 547 g/mol. The molecule has 5 heteroatoms. The number of hydrogen-bond acceptors (Lipinski definition) is 2. The smallest absolute Gasteiger partial charge is 0.307 e. The van der Waals surface area contributed by atoms with Crippen molar-refractivity contribution in [1.82, 2.24) is 0 Å². The lowest BCUT2D eigenvalue weighted by atomic mass is 10.1. The van der Waals surface area contributed by atoms with Gasteiger partial charge in [-0.05, 0) is 54.8 Å². The molecule has 0 bridgehead atoms. The molecule has 194 valence electrons. The number of carboxylic acids is 1. The van der Waals surface area contributed by atoms with Gasteiger partial charge in [-0.3, -0.25) is 4.79 Å². The molecule has 0 unspecified atom stereocenters. The second-order valence-corrected chi connectivity index (χ2v) is 13.6. The van der Waals surface area contributed by atoms with Crippen molar-refractivity contribution in [2.45, 2.75) is 6.42 Å². The van der Waals surface area contributed by atoms with Crippen molar-refractivity contribution in [3.8, 4) is 0 Å². The lowest BCUT2D eigenvalue weighted by Gasteiger charge is -2.34. The van der Waals surface area contributed by atoms with E-state index in [0.717, 1.165) is 23.8 Å². The SMILES string of the molecule is O=C(O)Cc1ccc(N(CP(c2ccccc2)c2ccccc2)CP(c2ccccc2)c2ccccc2)cc1. The maximum atomic E-state index is 11.3. The molecule has 5 rings (SSSR count). The Morgan fingerprint density at radius 3 is 1.15 bits per heavy atom. The molecule has 5 aromatic carbocycles. The van der Waals surface area contributed by atoms with Gasteiger partial charge in [-0.2, -0.15) is 0 Å². The normalized spacial score (nSPS) is 11.0. The number of nitrogens with zero attached hydrogens (tertiary/aromatic N) is 1. The fraction of sp³-hybridized carbons (Fsp3) is 0.0882. The predicted molar refractivity (Wildman–Crippen MR) is 168 cm³/mol. The van der Waals surface area contributed by atoms with Crippen molar-refractivity contribution < 1.29 is 9.90 Å². The molecule has 0 spiro atoms. The first-order chi connectivity index (χ1) is 19.2. The number of carbonyl (C=O) groups is 1. The van der Waals surface area contributed by atoms with Gasteiger partial charge in [-0.15, -0.1) is 0 Å². The Bertz CT molecular complexity index is 1280. The molecule has 0 amide bonds. The van der Waals surface area contributed by atoms with Crippen molar-refractivity contribution in [2.24, 2.45) is 0 Å². The van der Waals surface area contributed by atoms with Gasteiger partial charge in [0.1, 0.15) is 0 Å². The highest BCUT2D eigenvalue weighted by atomic mass is 31.1. The van der Waals surface area contributed by atoms with Gasteiger partial charge in [0, 0.05) is 18.3 Å². The van der Waals surface area contributed by atoms with Crippen LogP contribution in [-0.4, -0.2) is 23.6 Å². The van der Waals surface area contributed by atoms with Crippen LogP contribution < -0.4 is 26.1 Å². The largest absolute Gasteiger partial charge is 0.481 e. The third kappa shape index (κ3) is 7.21. The molecule has 39 heavy (non-hydrogen) atoms. The minimum Gasteiger partial charge on any atom is -0.481 e. The van der Waals surface area contributed by atoms with E-state index >= 15 is 0 Å². The number of anilines is 1. The maximum absolute atomic E-state index is 11.3. The molecule has 0 saturated heterocycles. The average Bonchev–Trinajstić information content (AvgIpc) is 2.99. The Balaban J connectivity index is 1.56. The van der Waals surface area contributed by atoms with Crippen LogP contribution in [0.15, 0.2) is 146 Å². The second-order valence-electron chi connectivity index (χ2n) is 9.26. The van der Waals surface area contributed by atoms with Crippen LogP contribution in [0.25, 0.3) is 0 Å². The molecule has 0 aliphatic rings. The fourth-order valence-corrected chi connectivity index (χ4v) is 9.35. The molecule has 0 atom stereocenters. The minimum absolute atomic E-state index is 0.0295. The van der Waals surface area contributed by atoms with Gasteiger partial charge in [0.25, 0.3) is 0 Å². The summed E-state index contributed by atoms with van der Waals surface area (Å²) < 4.78 is 0. The molecule has 0 aliphatic heterocycles. The summed E-state index contributed by atoms with van der Waals surface area (Å²) in [5.74, 6) is -0.812. The van der Waals surface area contributed by atoms with E-state index in [1.54, 1.807) is 0 Å². The first-order valence-electron chi connectivity index (χ1n) is 13.0. The van der Waals surface area contributed by atoms with Gasteiger partial charge in [-0.1, -0.05) is 133 Å². The van der Waals surface area contributed by atoms with E-state index in [1.807, 2.05) is 12.1 Å². The number of aliphatic carboxylic acids is 1. The Morgan fingerprint density at radius 1 is 0.513 bits per heavy atom. The minimum atomic E-state index is -0.812. The lowest BCUT2D eigenvalue weighted by Crippen LogP contribution is -2.32. The third-order valence-corrected chi connectivity index (χ3v) is 11.5. The number of rotatable bonds is 11. The molecular formula is C34H31NO2P2. The van der Waals surface area contributed by atoms with Crippen LogP contribution in [0.1, 0.15) is 5.56 Å². The molecule has 0 aliphatic carbocycles. The Hall–Kier alpha value is -3.77. The van der Waals surface area contributed by atoms with Crippen LogP contribution in [0.2, 0.25) is 0 Å². The molecule has 0 fully saturated rings. The molecule has 5 aromatic rings. The van der Waals surface area contributed by atoms with Crippen LogP contribution in [0.3, 0.4) is 0 Å². The summed E-state index contributed by atoms with van der Waals surface area (Å²) in [6, 6.07) is 51.3. The van der Waals surface area contributed by atoms with Crippen LogP contribution in [-0.2, 0) is 11.2 Å². The van der Waals surface area contributed by atoms with Gasteiger partial charge in [-0.25, -0.2) is 0 Å². The van der Waals surface area contributed by atoms with Crippen molar-refractivity contribution >= 4 is 48.7 Å². The zero-order valence-corrected chi connectivity index (χ0v) is 23.5. The first-order valence-corrected chi connectivity index (χ1v) is 16.0. The molecule has 3 nitrogen and oxygen atoms in total. The maximum Gasteiger partial charge on any atom is 0.307 e. The lowest BCUT2D eigenvalue weighted by molar-refractivity contribution is -0.136. The summed E-state index contributed by atoms with van der Waals surface area (Å²) in [6.45, 7) is 0. The molecule has 0 radical (unpaired) electrons. The second kappa shape index (κ2) is 13.3. The molecule has 1 N–H and O–H groups in total. The highest BCUT2D eigenvalue weighted by molar-refractivity contribution is 7.74. The summed E-state index contributed by atoms with van der Waals surface area (Å²) in [5.41, 5.74) is 1.93. The summed E-state index contributed by atoms with van der Waals surface area (Å²) >= 11 is 0. The van der Waals surface area contributed by atoms with Crippen LogP contribution in [0.5, 0.6) is 0 Å². The zero-order chi connectivity index (χ0) is 26.9. The van der Waals surface area contributed by atoms with E-state index in [1.165, 1.54) is 21.2 Å². The standard InChI is InChI=1S/C34H31NO2P2/c36-34(37)25-28-21-23-29(24-22-28)35(26-38(30-13-5-1-6-14-30)31-15-7-2-8-16-31)27-39(32-17-9-3-10-18-32)33-19-11-4-12-20-33/h1-24H,25-27H2,(H,36,37). The summed E-state index contributed by atoms with van der Waals surface area (Å²) in [7, 11) is -1.32. The van der Waals surface area contributed by atoms with Crippen molar-refractivity contribution in [2.75, 3.05) is 17.5 Å². The van der Waals surface area contributed by atoms with E-state index in [9.17, 15) is 9.90 Å². The Kier molecular flexibility index (Phi) is 9.17. The molecule has 0 aromatic heterocycles. The van der Waals surface area contributed by atoms with E-state index in [-0.39, 0.29) is 6.42 Å². The number of hydrogen-bond donors (Lipinski definition) is 1.